The van der Waals surface area contributed by atoms with E-state index in [9.17, 15) is 4.57 Å². The fourth-order valence-electron chi connectivity index (χ4n) is 2.62. The highest BCUT2D eigenvalue weighted by molar-refractivity contribution is 8.55. The van der Waals surface area contributed by atoms with Gasteiger partial charge in [0.25, 0.3) is 0 Å². The Bertz CT molecular complexity index is 545. The van der Waals surface area contributed by atoms with Crippen molar-refractivity contribution in [1.82, 2.24) is 0 Å². The predicted molar refractivity (Wildman–Crippen MR) is 110 cm³/mol. The summed E-state index contributed by atoms with van der Waals surface area (Å²) in [6, 6.07) is 10.3. The summed E-state index contributed by atoms with van der Waals surface area (Å²) in [7, 11) is 0. The lowest BCUT2D eigenvalue weighted by Crippen LogP contribution is -2.04. The van der Waals surface area contributed by atoms with Crippen LogP contribution in [0.3, 0.4) is 0 Å². The molecule has 3 nitrogen and oxygen atoms in total. The molecule has 0 radical (unpaired) electrons. The van der Waals surface area contributed by atoms with Gasteiger partial charge in [0.15, 0.2) is 0 Å². The minimum Gasteiger partial charge on any atom is -0.301 e. The summed E-state index contributed by atoms with van der Waals surface area (Å²) in [5, 5.41) is 0.104. The maximum Gasteiger partial charge on any atom is 0.389 e. The van der Waals surface area contributed by atoms with Gasteiger partial charge in [-0.2, -0.15) is 0 Å². The van der Waals surface area contributed by atoms with Crippen LogP contribution in [0, 0.1) is 5.92 Å². The van der Waals surface area contributed by atoms with Gasteiger partial charge in [0.2, 0.25) is 0 Å². The van der Waals surface area contributed by atoms with Crippen molar-refractivity contribution in [3.63, 3.8) is 0 Å². The maximum atomic E-state index is 13.0. The third-order valence-corrected chi connectivity index (χ3v) is 8.13. The molecule has 0 saturated carbocycles. The Kier molecular flexibility index (Phi) is 10.8. The highest BCUT2D eigenvalue weighted by Crippen LogP contribution is 2.66. The smallest absolute Gasteiger partial charge is 0.301 e. The zero-order valence-electron chi connectivity index (χ0n) is 16.2. The Morgan fingerprint density at radius 3 is 2.28 bits per heavy atom. The van der Waals surface area contributed by atoms with Gasteiger partial charge in [-0.05, 0) is 69.8 Å². The molecule has 0 N–H and O–H groups in total. The normalized spacial score (nSPS) is 14.1. The molecule has 0 aromatic heterocycles. The molecule has 1 aromatic carbocycles. The zero-order valence-corrected chi connectivity index (χ0v) is 17.9. The number of rotatable bonds is 12. The molecular weight excluding hydrogens is 351 g/mol. The first-order valence-corrected chi connectivity index (χ1v) is 12.2. The number of hydrogen-bond donors (Lipinski definition) is 0. The van der Waals surface area contributed by atoms with E-state index in [1.54, 1.807) is 0 Å². The number of hydrogen-bond acceptors (Lipinski definition) is 4. The second kappa shape index (κ2) is 12.0. The molecular formula is C20H33O3PS. The molecule has 0 fully saturated rings. The lowest BCUT2D eigenvalue weighted by atomic mass is 9.96. The van der Waals surface area contributed by atoms with Gasteiger partial charge >= 0.3 is 6.80 Å². The van der Waals surface area contributed by atoms with Crippen LogP contribution in [0.5, 0.6) is 0 Å². The van der Waals surface area contributed by atoms with Crippen molar-refractivity contribution in [2.75, 3.05) is 13.2 Å². The summed E-state index contributed by atoms with van der Waals surface area (Å²) >= 11 is 1.36. The van der Waals surface area contributed by atoms with Crippen LogP contribution >= 0.6 is 18.2 Å². The Morgan fingerprint density at radius 1 is 1.16 bits per heavy atom. The molecule has 2 atom stereocenters. The van der Waals surface area contributed by atoms with E-state index in [0.29, 0.717) is 19.1 Å². The van der Waals surface area contributed by atoms with Crippen LogP contribution in [0.4, 0.5) is 0 Å². The van der Waals surface area contributed by atoms with Gasteiger partial charge in [-0.3, -0.25) is 0 Å². The second-order valence-corrected chi connectivity index (χ2v) is 10.7. The minimum atomic E-state index is -3.13. The van der Waals surface area contributed by atoms with Crippen molar-refractivity contribution >= 4 is 18.2 Å². The first-order valence-electron chi connectivity index (χ1n) is 9.16. The van der Waals surface area contributed by atoms with Crippen LogP contribution in [0.2, 0.25) is 0 Å². The predicted octanol–water partition coefficient (Wildman–Crippen LogP) is 7.41. The molecule has 1 rings (SSSR count). The Labute approximate surface area is 157 Å². The van der Waals surface area contributed by atoms with Gasteiger partial charge < -0.3 is 9.05 Å². The van der Waals surface area contributed by atoms with Crippen molar-refractivity contribution in [3.05, 3.63) is 47.5 Å². The van der Waals surface area contributed by atoms with E-state index in [4.69, 9.17) is 9.05 Å². The number of allylic oxidation sites excluding steroid dienone is 2. The highest BCUT2D eigenvalue weighted by Gasteiger charge is 2.31. The molecule has 0 amide bonds. The molecule has 0 aliphatic carbocycles. The van der Waals surface area contributed by atoms with Crippen molar-refractivity contribution in [3.8, 4) is 0 Å². The summed E-state index contributed by atoms with van der Waals surface area (Å²) in [5.74, 6) is 0.532. The van der Waals surface area contributed by atoms with Crippen LogP contribution in [-0.4, -0.2) is 13.2 Å². The lowest BCUT2D eigenvalue weighted by Gasteiger charge is -2.25. The molecule has 0 spiro atoms. The fraction of sp³-hybridized carbons (Fsp3) is 0.600. The van der Waals surface area contributed by atoms with E-state index >= 15 is 0 Å². The van der Waals surface area contributed by atoms with Crippen molar-refractivity contribution in [2.45, 2.75) is 59.1 Å². The highest BCUT2D eigenvalue weighted by atomic mass is 32.7. The molecule has 0 heterocycles. The number of benzene rings is 1. The van der Waals surface area contributed by atoms with Gasteiger partial charge in [-0.15, -0.1) is 0 Å². The molecule has 2 unspecified atom stereocenters. The van der Waals surface area contributed by atoms with Crippen LogP contribution in [0.15, 0.2) is 42.0 Å². The summed E-state index contributed by atoms with van der Waals surface area (Å²) < 4.78 is 24.0. The summed E-state index contributed by atoms with van der Waals surface area (Å²) in [6.07, 6.45) is 5.45. The molecule has 0 saturated heterocycles. The van der Waals surface area contributed by atoms with E-state index < -0.39 is 6.80 Å². The van der Waals surface area contributed by atoms with E-state index in [1.165, 1.54) is 22.5 Å². The van der Waals surface area contributed by atoms with E-state index in [-0.39, 0.29) is 5.25 Å². The van der Waals surface area contributed by atoms with Crippen molar-refractivity contribution in [1.29, 1.82) is 0 Å². The third kappa shape index (κ3) is 9.10. The van der Waals surface area contributed by atoms with Gasteiger partial charge in [0, 0.05) is 5.25 Å². The third-order valence-electron chi connectivity index (χ3n) is 3.83. The molecule has 25 heavy (non-hydrogen) atoms. The molecule has 0 aliphatic rings. The first kappa shape index (κ1) is 22.5. The van der Waals surface area contributed by atoms with Crippen molar-refractivity contribution in [2.24, 2.45) is 5.92 Å². The SMILES string of the molecule is CCOP(=O)(OCC)SC(CC(C)CCC=C(C)C)c1ccccc1. The van der Waals surface area contributed by atoms with Gasteiger partial charge in [-0.25, -0.2) is 4.57 Å². The topological polar surface area (TPSA) is 35.5 Å². The monoisotopic (exact) mass is 384 g/mol. The summed E-state index contributed by atoms with van der Waals surface area (Å²) in [5.41, 5.74) is 2.54. The molecule has 1 aromatic rings. The average molecular weight is 385 g/mol. The van der Waals surface area contributed by atoms with E-state index in [2.05, 4.69) is 39.0 Å². The van der Waals surface area contributed by atoms with E-state index in [0.717, 1.165) is 19.3 Å². The van der Waals surface area contributed by atoms with Gasteiger partial charge in [0.05, 0.1) is 13.2 Å². The second-order valence-electron chi connectivity index (χ2n) is 6.49. The van der Waals surface area contributed by atoms with Crippen LogP contribution < -0.4 is 0 Å². The lowest BCUT2D eigenvalue weighted by molar-refractivity contribution is 0.236. The van der Waals surface area contributed by atoms with Crippen LogP contribution in [-0.2, 0) is 13.6 Å². The molecule has 5 heteroatoms. The fourth-order valence-corrected chi connectivity index (χ4v) is 7.01. The standard InChI is InChI=1S/C20H33O3PS/c1-6-22-24(21,23-7-2)25-20(19-14-9-8-10-15-19)16-18(5)13-11-12-17(3)4/h8-10,12,14-15,18,20H,6-7,11,13,16H2,1-5H3. The maximum absolute atomic E-state index is 13.0. The Morgan fingerprint density at radius 2 is 1.76 bits per heavy atom. The van der Waals surface area contributed by atoms with E-state index in [1.807, 2.05) is 32.0 Å². The summed E-state index contributed by atoms with van der Waals surface area (Å²) in [6.45, 7) is 7.88. The van der Waals surface area contributed by atoms with Gasteiger partial charge in [-0.1, -0.05) is 48.9 Å². The van der Waals surface area contributed by atoms with Crippen molar-refractivity contribution < 1.29 is 13.6 Å². The molecule has 142 valence electrons. The largest absolute Gasteiger partial charge is 0.389 e. The Hall–Kier alpha value is -0.540. The quantitative estimate of drug-likeness (QED) is 0.277. The average Bonchev–Trinajstić information content (AvgIpc) is 2.55. The van der Waals surface area contributed by atoms with Crippen LogP contribution in [0.1, 0.15) is 64.7 Å². The molecule has 0 aliphatic heterocycles. The van der Waals surface area contributed by atoms with Crippen LogP contribution in [0.25, 0.3) is 0 Å². The molecule has 0 bridgehead atoms. The zero-order chi connectivity index (χ0) is 18.7. The first-order chi connectivity index (χ1) is 11.9. The van der Waals surface area contributed by atoms with Gasteiger partial charge in [0.1, 0.15) is 0 Å². The Balaban J connectivity index is 2.86. The summed E-state index contributed by atoms with van der Waals surface area (Å²) in [4.78, 5) is 0. The minimum absolute atomic E-state index is 0.104.